The lowest BCUT2D eigenvalue weighted by atomic mass is 9.96. The molecule has 1 aromatic carbocycles. The van der Waals surface area contributed by atoms with Crippen LogP contribution in [0.2, 0.25) is 0 Å². The van der Waals surface area contributed by atoms with E-state index in [9.17, 15) is 9.59 Å². The Labute approximate surface area is 113 Å². The van der Waals surface area contributed by atoms with E-state index in [1.165, 1.54) is 0 Å². The van der Waals surface area contributed by atoms with Gasteiger partial charge >= 0.3 is 0 Å². The van der Waals surface area contributed by atoms with Crippen molar-refractivity contribution in [1.82, 2.24) is 5.32 Å². The van der Waals surface area contributed by atoms with Crippen molar-refractivity contribution in [3.05, 3.63) is 29.3 Å². The minimum absolute atomic E-state index is 0.0791. The molecule has 0 aromatic heterocycles. The number of hydrogen-bond acceptors (Lipinski definition) is 2. The summed E-state index contributed by atoms with van der Waals surface area (Å²) in [6.45, 7) is 9.19. The highest BCUT2D eigenvalue weighted by Gasteiger charge is 2.44. The lowest BCUT2D eigenvalue weighted by Gasteiger charge is -2.41. The monoisotopic (exact) mass is 260 g/mol. The van der Waals surface area contributed by atoms with Crippen LogP contribution in [0.1, 0.15) is 31.9 Å². The van der Waals surface area contributed by atoms with Crippen molar-refractivity contribution in [3.8, 4) is 0 Å². The molecule has 4 nitrogen and oxygen atoms in total. The number of rotatable bonds is 1. The SMILES string of the molecule is Cc1cc(C)cc(N2C(=O)C(C)(C)NC(=O)C2C)c1. The maximum atomic E-state index is 12.5. The van der Waals surface area contributed by atoms with E-state index >= 15 is 0 Å². The van der Waals surface area contributed by atoms with Gasteiger partial charge in [-0.2, -0.15) is 0 Å². The molecule has 19 heavy (non-hydrogen) atoms. The third-order valence-electron chi connectivity index (χ3n) is 3.44. The molecule has 1 saturated heterocycles. The van der Waals surface area contributed by atoms with E-state index in [-0.39, 0.29) is 11.8 Å². The summed E-state index contributed by atoms with van der Waals surface area (Å²) in [4.78, 5) is 26.1. The Kier molecular flexibility index (Phi) is 3.12. The average Bonchev–Trinajstić information content (AvgIpc) is 2.25. The molecule has 1 N–H and O–H groups in total. The fourth-order valence-corrected chi connectivity index (χ4v) is 2.49. The number of nitrogens with one attached hydrogen (secondary N) is 1. The van der Waals surface area contributed by atoms with Gasteiger partial charge in [0.1, 0.15) is 11.6 Å². The summed E-state index contributed by atoms with van der Waals surface area (Å²) in [6, 6.07) is 5.45. The standard InChI is InChI=1S/C15H20N2O2/c1-9-6-10(2)8-12(7-9)17-11(3)13(18)16-15(4,5)14(17)19/h6-8,11H,1-5H3,(H,16,18). The van der Waals surface area contributed by atoms with Gasteiger partial charge in [0.15, 0.2) is 0 Å². The second kappa shape index (κ2) is 4.37. The molecule has 0 spiro atoms. The molecule has 1 atom stereocenters. The van der Waals surface area contributed by atoms with E-state index in [0.29, 0.717) is 0 Å². The van der Waals surface area contributed by atoms with Crippen molar-refractivity contribution in [2.24, 2.45) is 0 Å². The minimum atomic E-state index is -0.860. The van der Waals surface area contributed by atoms with Gasteiger partial charge in [0.2, 0.25) is 5.91 Å². The predicted molar refractivity (Wildman–Crippen MR) is 75.1 cm³/mol. The van der Waals surface area contributed by atoms with Crippen LogP contribution in [-0.2, 0) is 9.59 Å². The van der Waals surface area contributed by atoms with E-state index in [0.717, 1.165) is 16.8 Å². The van der Waals surface area contributed by atoms with Crippen LogP contribution in [0.4, 0.5) is 5.69 Å². The molecule has 1 fully saturated rings. The highest BCUT2D eigenvalue weighted by Crippen LogP contribution is 2.27. The zero-order chi connectivity index (χ0) is 14.4. The first-order valence-electron chi connectivity index (χ1n) is 6.46. The summed E-state index contributed by atoms with van der Waals surface area (Å²) in [5.41, 5.74) is 2.09. The van der Waals surface area contributed by atoms with Crippen molar-refractivity contribution in [2.45, 2.75) is 46.2 Å². The van der Waals surface area contributed by atoms with Gasteiger partial charge in [-0.15, -0.1) is 0 Å². The van der Waals surface area contributed by atoms with Crippen molar-refractivity contribution in [2.75, 3.05) is 4.90 Å². The van der Waals surface area contributed by atoms with Crippen molar-refractivity contribution in [3.63, 3.8) is 0 Å². The van der Waals surface area contributed by atoms with Crippen LogP contribution < -0.4 is 10.2 Å². The number of carbonyl (C=O) groups excluding carboxylic acids is 2. The van der Waals surface area contributed by atoms with Crippen molar-refractivity contribution < 1.29 is 9.59 Å². The summed E-state index contributed by atoms with van der Waals surface area (Å²) in [5, 5.41) is 2.75. The molecule has 2 rings (SSSR count). The first-order chi connectivity index (χ1) is 8.72. The van der Waals surface area contributed by atoms with Gasteiger partial charge < -0.3 is 5.32 Å². The van der Waals surface area contributed by atoms with Crippen molar-refractivity contribution >= 4 is 17.5 Å². The predicted octanol–water partition coefficient (Wildman–Crippen LogP) is 1.93. The lowest BCUT2D eigenvalue weighted by molar-refractivity contribution is -0.136. The van der Waals surface area contributed by atoms with Crippen LogP contribution >= 0.6 is 0 Å². The quantitative estimate of drug-likeness (QED) is 0.839. The van der Waals surface area contributed by atoms with E-state index in [2.05, 4.69) is 5.32 Å². The van der Waals surface area contributed by atoms with Gasteiger partial charge in [0.25, 0.3) is 5.91 Å². The molecule has 2 amide bonds. The Morgan fingerprint density at radius 1 is 1.11 bits per heavy atom. The van der Waals surface area contributed by atoms with Crippen LogP contribution in [0.15, 0.2) is 18.2 Å². The summed E-state index contributed by atoms with van der Waals surface area (Å²) in [6.07, 6.45) is 0. The van der Waals surface area contributed by atoms with Gasteiger partial charge in [0.05, 0.1) is 0 Å². The summed E-state index contributed by atoms with van der Waals surface area (Å²) < 4.78 is 0. The number of hydrogen-bond donors (Lipinski definition) is 1. The third-order valence-corrected chi connectivity index (χ3v) is 3.44. The third kappa shape index (κ3) is 2.35. The largest absolute Gasteiger partial charge is 0.340 e. The zero-order valence-electron chi connectivity index (χ0n) is 12.1. The van der Waals surface area contributed by atoms with Crippen LogP contribution in [0.25, 0.3) is 0 Å². The van der Waals surface area contributed by atoms with E-state index < -0.39 is 11.6 Å². The number of aryl methyl sites for hydroxylation is 2. The van der Waals surface area contributed by atoms with Gasteiger partial charge in [0, 0.05) is 5.69 Å². The zero-order valence-corrected chi connectivity index (χ0v) is 12.1. The molecule has 0 bridgehead atoms. The molecule has 1 aliphatic rings. The Morgan fingerprint density at radius 2 is 1.63 bits per heavy atom. The van der Waals surface area contributed by atoms with Gasteiger partial charge in [-0.05, 0) is 57.9 Å². The molecule has 0 saturated carbocycles. The van der Waals surface area contributed by atoms with Gasteiger partial charge in [-0.3, -0.25) is 14.5 Å². The molecule has 1 aromatic rings. The first-order valence-corrected chi connectivity index (χ1v) is 6.46. The Morgan fingerprint density at radius 3 is 2.16 bits per heavy atom. The first kappa shape index (κ1) is 13.6. The number of amides is 2. The number of nitrogens with zero attached hydrogens (tertiary/aromatic N) is 1. The van der Waals surface area contributed by atoms with Crippen LogP contribution in [0.5, 0.6) is 0 Å². The second-order valence-corrected chi connectivity index (χ2v) is 5.81. The van der Waals surface area contributed by atoms with Crippen molar-refractivity contribution in [1.29, 1.82) is 0 Å². The molecule has 4 heteroatoms. The smallest absolute Gasteiger partial charge is 0.252 e. The van der Waals surface area contributed by atoms with Crippen LogP contribution in [-0.4, -0.2) is 23.4 Å². The topological polar surface area (TPSA) is 49.4 Å². The fraction of sp³-hybridized carbons (Fsp3) is 0.467. The van der Waals surface area contributed by atoms with Gasteiger partial charge in [-0.25, -0.2) is 0 Å². The van der Waals surface area contributed by atoms with Gasteiger partial charge in [-0.1, -0.05) is 6.07 Å². The second-order valence-electron chi connectivity index (χ2n) is 5.81. The maximum absolute atomic E-state index is 12.5. The van der Waals surface area contributed by atoms with E-state index in [4.69, 9.17) is 0 Å². The summed E-state index contributed by atoms with van der Waals surface area (Å²) >= 11 is 0. The highest BCUT2D eigenvalue weighted by molar-refractivity contribution is 6.10. The Balaban J connectivity index is 2.51. The molecule has 1 unspecified atom stereocenters. The van der Waals surface area contributed by atoms with Crippen LogP contribution in [0.3, 0.4) is 0 Å². The number of piperazine rings is 1. The normalized spacial score (nSPS) is 22.4. The molecule has 0 radical (unpaired) electrons. The molecule has 1 heterocycles. The molecule has 0 aliphatic carbocycles. The summed E-state index contributed by atoms with van der Waals surface area (Å²) in [7, 11) is 0. The highest BCUT2D eigenvalue weighted by atomic mass is 16.2. The van der Waals surface area contributed by atoms with E-state index in [1.54, 1.807) is 25.7 Å². The number of benzene rings is 1. The average molecular weight is 260 g/mol. The Bertz CT molecular complexity index is 529. The van der Waals surface area contributed by atoms with E-state index in [1.807, 2.05) is 32.0 Å². The molecular weight excluding hydrogens is 240 g/mol. The molecular formula is C15H20N2O2. The maximum Gasteiger partial charge on any atom is 0.252 e. The summed E-state index contributed by atoms with van der Waals surface area (Å²) in [5.74, 6) is -0.201. The lowest BCUT2D eigenvalue weighted by Crippen LogP contribution is -2.67. The molecule has 1 aliphatic heterocycles. The fourth-order valence-electron chi connectivity index (χ4n) is 2.49. The minimum Gasteiger partial charge on any atom is -0.340 e. The number of anilines is 1. The Hall–Kier alpha value is -1.84. The van der Waals surface area contributed by atoms with Crippen LogP contribution in [0, 0.1) is 13.8 Å². The number of carbonyl (C=O) groups is 2. The molecule has 102 valence electrons.